The highest BCUT2D eigenvalue weighted by Crippen LogP contribution is 2.25. The third-order valence-electron chi connectivity index (χ3n) is 1.56. The largest absolute Gasteiger partial charge is 0.758 e. The Bertz CT molecular complexity index is 234. The Hall–Kier alpha value is -1.26. The first-order valence-electron chi connectivity index (χ1n) is 3.53. The van der Waals surface area contributed by atoms with Crippen molar-refractivity contribution in [3.8, 4) is 0 Å². The van der Waals surface area contributed by atoms with Crippen molar-refractivity contribution in [1.82, 2.24) is 0 Å². The standard InChI is InChI=1S/C8H10N2O2/c1-9(11)7-5-3-4-6-8(7)10(2)12/h3-6H,1-2H3/q-2. The lowest BCUT2D eigenvalue weighted by Gasteiger charge is -2.34. The lowest BCUT2D eigenvalue weighted by Crippen LogP contribution is -2.13. The van der Waals surface area contributed by atoms with Gasteiger partial charge in [-0.3, -0.25) is 0 Å². The fourth-order valence-electron chi connectivity index (χ4n) is 0.997. The van der Waals surface area contributed by atoms with Crippen LogP contribution in [0, 0.1) is 10.4 Å². The maximum Gasteiger partial charge on any atom is 0.0487 e. The molecular formula is C8H10N2O2-2. The predicted molar refractivity (Wildman–Crippen MR) is 50.0 cm³/mol. The molecule has 0 aliphatic heterocycles. The van der Waals surface area contributed by atoms with Gasteiger partial charge in [0.05, 0.1) is 0 Å². The topological polar surface area (TPSA) is 52.6 Å². The highest BCUT2D eigenvalue weighted by Gasteiger charge is 1.98. The number of rotatable bonds is 2. The molecule has 0 aliphatic carbocycles. The van der Waals surface area contributed by atoms with Crippen molar-refractivity contribution in [3.05, 3.63) is 34.7 Å². The summed E-state index contributed by atoms with van der Waals surface area (Å²) in [6, 6.07) is 6.65. The van der Waals surface area contributed by atoms with E-state index in [4.69, 9.17) is 0 Å². The molecule has 0 saturated heterocycles. The van der Waals surface area contributed by atoms with Crippen molar-refractivity contribution in [2.75, 3.05) is 24.2 Å². The fraction of sp³-hybridized carbons (Fsp3) is 0.250. The van der Waals surface area contributed by atoms with Crippen LogP contribution in [0.3, 0.4) is 0 Å². The van der Waals surface area contributed by atoms with Crippen LogP contribution in [0.25, 0.3) is 0 Å². The van der Waals surface area contributed by atoms with Crippen LogP contribution >= 0.6 is 0 Å². The minimum Gasteiger partial charge on any atom is -0.758 e. The maximum absolute atomic E-state index is 10.9. The van der Waals surface area contributed by atoms with E-state index in [0.29, 0.717) is 21.5 Å². The lowest BCUT2D eigenvalue weighted by molar-refractivity contribution is 1.16. The SMILES string of the molecule is CN([O-])c1ccccc1N(C)[O-]. The van der Waals surface area contributed by atoms with Gasteiger partial charge in [-0.25, -0.2) is 0 Å². The first-order valence-corrected chi connectivity index (χ1v) is 3.53. The first-order chi connectivity index (χ1) is 5.63. The van der Waals surface area contributed by atoms with Crippen LogP contribution in [0.1, 0.15) is 0 Å². The van der Waals surface area contributed by atoms with E-state index in [0.717, 1.165) is 0 Å². The molecule has 0 bridgehead atoms. The second kappa shape index (κ2) is 3.42. The van der Waals surface area contributed by atoms with Crippen LogP contribution in [0.4, 0.5) is 11.4 Å². The maximum atomic E-state index is 10.9. The molecular weight excluding hydrogens is 156 g/mol. The second-order valence-electron chi connectivity index (χ2n) is 2.48. The van der Waals surface area contributed by atoms with Gasteiger partial charge in [0.15, 0.2) is 0 Å². The summed E-state index contributed by atoms with van der Waals surface area (Å²) in [5.74, 6) is 0. The van der Waals surface area contributed by atoms with Gasteiger partial charge in [-0.05, 0) is 26.2 Å². The molecule has 0 unspecified atom stereocenters. The van der Waals surface area contributed by atoms with Crippen molar-refractivity contribution < 1.29 is 0 Å². The van der Waals surface area contributed by atoms with E-state index in [1.807, 2.05) is 0 Å². The van der Waals surface area contributed by atoms with E-state index in [9.17, 15) is 10.4 Å². The summed E-state index contributed by atoms with van der Waals surface area (Å²) in [6.07, 6.45) is 0. The minimum atomic E-state index is 0.384. The summed E-state index contributed by atoms with van der Waals surface area (Å²) in [5.41, 5.74) is 0.769. The summed E-state index contributed by atoms with van der Waals surface area (Å²) in [5, 5.41) is 23.2. The predicted octanol–water partition coefficient (Wildman–Crippen LogP) is 1.55. The quantitative estimate of drug-likeness (QED) is 0.625. The highest BCUT2D eigenvalue weighted by molar-refractivity contribution is 5.71. The minimum absolute atomic E-state index is 0.384. The number of hydrogen-bond acceptors (Lipinski definition) is 4. The van der Waals surface area contributed by atoms with Crippen molar-refractivity contribution in [1.29, 1.82) is 0 Å². The Kier molecular flexibility index (Phi) is 2.52. The molecule has 0 radical (unpaired) electrons. The van der Waals surface area contributed by atoms with Gasteiger partial charge in [-0.2, -0.15) is 0 Å². The summed E-state index contributed by atoms with van der Waals surface area (Å²) in [6.45, 7) is 0. The van der Waals surface area contributed by atoms with Gasteiger partial charge < -0.3 is 20.5 Å². The third-order valence-corrected chi connectivity index (χ3v) is 1.56. The lowest BCUT2D eigenvalue weighted by atomic mass is 10.2. The van der Waals surface area contributed by atoms with E-state index in [1.165, 1.54) is 14.1 Å². The molecule has 66 valence electrons. The number of para-hydroxylation sites is 2. The average molecular weight is 166 g/mol. The normalized spacial score (nSPS) is 9.67. The van der Waals surface area contributed by atoms with Gasteiger partial charge in [0, 0.05) is 11.4 Å². The summed E-state index contributed by atoms with van der Waals surface area (Å²) in [4.78, 5) is 0. The van der Waals surface area contributed by atoms with Crippen molar-refractivity contribution in [2.45, 2.75) is 0 Å². The number of anilines is 2. The monoisotopic (exact) mass is 166 g/mol. The smallest absolute Gasteiger partial charge is 0.0487 e. The molecule has 1 aromatic rings. The molecule has 1 aromatic carbocycles. The molecule has 0 aromatic heterocycles. The molecule has 0 N–H and O–H groups in total. The molecule has 12 heavy (non-hydrogen) atoms. The van der Waals surface area contributed by atoms with Crippen molar-refractivity contribution in [3.63, 3.8) is 0 Å². The highest BCUT2D eigenvalue weighted by atomic mass is 16.5. The molecule has 0 spiro atoms. The zero-order valence-electron chi connectivity index (χ0n) is 7.02. The van der Waals surface area contributed by atoms with Gasteiger partial charge >= 0.3 is 0 Å². The Labute approximate surface area is 71.2 Å². The Morgan fingerprint density at radius 1 is 0.917 bits per heavy atom. The van der Waals surface area contributed by atoms with Crippen LogP contribution in [-0.2, 0) is 0 Å². The van der Waals surface area contributed by atoms with Gasteiger partial charge in [0.2, 0.25) is 0 Å². The summed E-state index contributed by atoms with van der Waals surface area (Å²) >= 11 is 0. The fourth-order valence-corrected chi connectivity index (χ4v) is 0.997. The molecule has 0 saturated carbocycles. The van der Waals surface area contributed by atoms with E-state index in [-0.39, 0.29) is 0 Å². The third kappa shape index (κ3) is 1.66. The molecule has 0 amide bonds. The van der Waals surface area contributed by atoms with E-state index in [1.54, 1.807) is 24.3 Å². The molecule has 0 aliphatic rings. The van der Waals surface area contributed by atoms with E-state index < -0.39 is 0 Å². The van der Waals surface area contributed by atoms with Crippen molar-refractivity contribution in [2.24, 2.45) is 0 Å². The second-order valence-corrected chi connectivity index (χ2v) is 2.48. The van der Waals surface area contributed by atoms with E-state index in [2.05, 4.69) is 0 Å². The number of hydroxylamine groups is 2. The molecule has 1 rings (SSSR count). The Morgan fingerprint density at radius 2 is 1.25 bits per heavy atom. The number of benzene rings is 1. The van der Waals surface area contributed by atoms with Crippen LogP contribution in [0.15, 0.2) is 24.3 Å². The average Bonchev–Trinajstić information content (AvgIpc) is 2.04. The Morgan fingerprint density at radius 3 is 1.50 bits per heavy atom. The van der Waals surface area contributed by atoms with Gasteiger partial charge in [-0.1, -0.05) is 12.1 Å². The van der Waals surface area contributed by atoms with Crippen LogP contribution in [0.5, 0.6) is 0 Å². The van der Waals surface area contributed by atoms with Crippen molar-refractivity contribution >= 4 is 11.4 Å². The summed E-state index contributed by atoms with van der Waals surface area (Å²) in [7, 11) is 2.73. The zero-order valence-corrected chi connectivity index (χ0v) is 7.02. The van der Waals surface area contributed by atoms with Gasteiger partial charge in [-0.15, -0.1) is 0 Å². The zero-order chi connectivity index (χ0) is 9.14. The number of hydrogen-bond donors (Lipinski definition) is 0. The Balaban J connectivity index is 3.09. The molecule has 4 nitrogen and oxygen atoms in total. The van der Waals surface area contributed by atoms with E-state index >= 15 is 0 Å². The van der Waals surface area contributed by atoms with Gasteiger partial charge in [0.25, 0.3) is 0 Å². The molecule has 0 atom stereocenters. The molecule has 4 heteroatoms. The number of nitrogens with zero attached hydrogens (tertiary/aromatic N) is 2. The van der Waals surface area contributed by atoms with Crippen LogP contribution in [0.2, 0.25) is 0 Å². The van der Waals surface area contributed by atoms with Crippen LogP contribution < -0.4 is 10.1 Å². The summed E-state index contributed by atoms with van der Waals surface area (Å²) < 4.78 is 0. The van der Waals surface area contributed by atoms with Gasteiger partial charge in [0.1, 0.15) is 0 Å². The first kappa shape index (κ1) is 8.83. The molecule has 0 fully saturated rings. The molecule has 0 heterocycles. The van der Waals surface area contributed by atoms with Crippen LogP contribution in [-0.4, -0.2) is 14.1 Å².